The molecule has 1 N–H and O–H groups in total. The maximum absolute atomic E-state index is 12.0. The van der Waals surface area contributed by atoms with E-state index in [-0.39, 0.29) is 25.3 Å². The molecule has 0 fully saturated rings. The van der Waals surface area contributed by atoms with Crippen LogP contribution in [-0.2, 0) is 16.0 Å². The minimum absolute atomic E-state index is 0.0540. The van der Waals surface area contributed by atoms with Crippen LogP contribution >= 0.6 is 11.3 Å². The molecule has 2 aromatic heterocycles. The molecule has 0 unspecified atom stereocenters. The first-order chi connectivity index (χ1) is 10.1. The molecule has 21 heavy (non-hydrogen) atoms. The summed E-state index contributed by atoms with van der Waals surface area (Å²) in [5.74, 6) is -1.05. The number of carboxylic acid groups (broad SMARTS) is 1. The van der Waals surface area contributed by atoms with Crippen LogP contribution in [0.1, 0.15) is 12.1 Å². The lowest BCUT2D eigenvalue weighted by atomic mass is 10.2. The molecule has 0 saturated heterocycles. The Labute approximate surface area is 126 Å². The van der Waals surface area contributed by atoms with Crippen molar-refractivity contribution < 1.29 is 14.7 Å². The number of hydrogen-bond acceptors (Lipinski definition) is 5. The van der Waals surface area contributed by atoms with Gasteiger partial charge in [0.05, 0.1) is 18.5 Å². The lowest BCUT2D eigenvalue weighted by Gasteiger charge is -2.15. The summed E-state index contributed by atoms with van der Waals surface area (Å²) < 4.78 is 0. The van der Waals surface area contributed by atoms with Crippen molar-refractivity contribution in [1.29, 1.82) is 0 Å². The molecule has 1 amide bonds. The van der Waals surface area contributed by atoms with Gasteiger partial charge in [0.25, 0.3) is 0 Å². The zero-order chi connectivity index (χ0) is 15.2. The highest BCUT2D eigenvalue weighted by molar-refractivity contribution is 7.13. The molecular formula is C14H15N3O3S. The van der Waals surface area contributed by atoms with E-state index in [9.17, 15) is 9.59 Å². The quantitative estimate of drug-likeness (QED) is 0.878. The van der Waals surface area contributed by atoms with Gasteiger partial charge in [-0.25, -0.2) is 4.98 Å². The average Bonchev–Trinajstić information content (AvgIpc) is 2.94. The van der Waals surface area contributed by atoms with Crippen molar-refractivity contribution in [3.63, 3.8) is 0 Å². The Morgan fingerprint density at radius 2 is 2.05 bits per heavy atom. The number of rotatable bonds is 6. The van der Waals surface area contributed by atoms with Gasteiger partial charge < -0.3 is 10.0 Å². The number of carbonyl (C=O) groups excluding carboxylic acids is 1. The number of aromatic nitrogens is 2. The smallest absolute Gasteiger partial charge is 0.305 e. The zero-order valence-electron chi connectivity index (χ0n) is 11.5. The van der Waals surface area contributed by atoms with Gasteiger partial charge in [-0.3, -0.25) is 14.6 Å². The van der Waals surface area contributed by atoms with Gasteiger partial charge in [-0.05, 0) is 12.1 Å². The SMILES string of the molecule is CN(CCC(=O)O)C(=O)Cc1csc(-c2ccncc2)n1. The highest BCUT2D eigenvalue weighted by Gasteiger charge is 2.13. The summed E-state index contributed by atoms with van der Waals surface area (Å²) in [7, 11) is 1.60. The molecule has 2 rings (SSSR count). The second kappa shape index (κ2) is 6.94. The van der Waals surface area contributed by atoms with E-state index >= 15 is 0 Å². The Morgan fingerprint density at radius 1 is 1.33 bits per heavy atom. The van der Waals surface area contributed by atoms with Crippen LogP contribution in [0.25, 0.3) is 10.6 Å². The van der Waals surface area contributed by atoms with E-state index in [1.54, 1.807) is 19.4 Å². The summed E-state index contributed by atoms with van der Waals surface area (Å²) in [6, 6.07) is 3.73. The van der Waals surface area contributed by atoms with Crippen molar-refractivity contribution in [1.82, 2.24) is 14.9 Å². The molecule has 0 aromatic carbocycles. The fourth-order valence-corrected chi connectivity index (χ4v) is 2.52. The minimum atomic E-state index is -0.914. The van der Waals surface area contributed by atoms with E-state index in [0.717, 1.165) is 10.6 Å². The first kappa shape index (κ1) is 15.1. The summed E-state index contributed by atoms with van der Waals surface area (Å²) in [5.41, 5.74) is 1.66. The van der Waals surface area contributed by atoms with Crippen molar-refractivity contribution in [3.05, 3.63) is 35.6 Å². The van der Waals surface area contributed by atoms with Crippen molar-refractivity contribution >= 4 is 23.2 Å². The number of aliphatic carboxylic acids is 1. The normalized spacial score (nSPS) is 10.3. The maximum Gasteiger partial charge on any atom is 0.305 e. The molecular weight excluding hydrogens is 290 g/mol. The van der Waals surface area contributed by atoms with Crippen molar-refractivity contribution in [2.75, 3.05) is 13.6 Å². The van der Waals surface area contributed by atoms with Crippen LogP contribution in [-0.4, -0.2) is 45.4 Å². The third kappa shape index (κ3) is 4.35. The topological polar surface area (TPSA) is 83.4 Å². The molecule has 0 aliphatic carbocycles. The van der Waals surface area contributed by atoms with Crippen LogP contribution in [0, 0.1) is 0 Å². The first-order valence-electron chi connectivity index (χ1n) is 6.37. The molecule has 0 bridgehead atoms. The third-order valence-electron chi connectivity index (χ3n) is 2.90. The zero-order valence-corrected chi connectivity index (χ0v) is 12.3. The molecule has 2 heterocycles. The molecule has 0 saturated carbocycles. The Bertz CT molecular complexity index is 627. The predicted octanol–water partition coefficient (Wildman–Crippen LogP) is 1.68. The van der Waals surface area contributed by atoms with Gasteiger partial charge in [-0.1, -0.05) is 0 Å². The summed E-state index contributed by atoms with van der Waals surface area (Å²) >= 11 is 1.47. The second-order valence-electron chi connectivity index (χ2n) is 4.52. The van der Waals surface area contributed by atoms with Crippen LogP contribution in [0.5, 0.6) is 0 Å². The number of pyridine rings is 1. The van der Waals surface area contributed by atoms with E-state index in [1.165, 1.54) is 16.2 Å². The first-order valence-corrected chi connectivity index (χ1v) is 7.25. The molecule has 7 heteroatoms. The van der Waals surface area contributed by atoms with E-state index < -0.39 is 5.97 Å². The molecule has 2 aromatic rings. The summed E-state index contributed by atoms with van der Waals surface area (Å²) in [5, 5.41) is 11.3. The highest BCUT2D eigenvalue weighted by Crippen LogP contribution is 2.23. The van der Waals surface area contributed by atoms with Gasteiger partial charge in [-0.2, -0.15) is 0 Å². The third-order valence-corrected chi connectivity index (χ3v) is 3.84. The standard InChI is InChI=1S/C14H15N3O3S/c1-17(7-4-13(19)20)12(18)8-11-9-21-14(16-11)10-2-5-15-6-3-10/h2-3,5-6,9H,4,7-8H2,1H3,(H,19,20). The van der Waals surface area contributed by atoms with E-state index in [0.29, 0.717) is 5.69 Å². The van der Waals surface area contributed by atoms with Gasteiger partial charge in [0.1, 0.15) is 5.01 Å². The molecule has 0 radical (unpaired) electrons. The Balaban J connectivity index is 1.96. The Kier molecular flexibility index (Phi) is 4.99. The molecule has 0 aliphatic rings. The number of carboxylic acids is 1. The van der Waals surface area contributed by atoms with Crippen molar-refractivity contribution in [3.8, 4) is 10.6 Å². The molecule has 0 aliphatic heterocycles. The summed E-state index contributed by atoms with van der Waals surface area (Å²) in [6.07, 6.45) is 3.52. The fourth-order valence-electron chi connectivity index (χ4n) is 1.69. The van der Waals surface area contributed by atoms with Gasteiger partial charge in [0.2, 0.25) is 5.91 Å². The number of carbonyl (C=O) groups is 2. The maximum atomic E-state index is 12.0. The van der Waals surface area contributed by atoms with Crippen molar-refractivity contribution in [2.45, 2.75) is 12.8 Å². The monoisotopic (exact) mass is 305 g/mol. The van der Waals surface area contributed by atoms with Crippen LogP contribution in [0.15, 0.2) is 29.9 Å². The molecule has 6 nitrogen and oxygen atoms in total. The average molecular weight is 305 g/mol. The lowest BCUT2D eigenvalue weighted by molar-refractivity contribution is -0.138. The lowest BCUT2D eigenvalue weighted by Crippen LogP contribution is -2.30. The fraction of sp³-hybridized carbons (Fsp3) is 0.286. The number of thiazole rings is 1. The summed E-state index contributed by atoms with van der Waals surface area (Å²) in [6.45, 7) is 0.204. The van der Waals surface area contributed by atoms with E-state index in [1.807, 2.05) is 17.5 Å². The van der Waals surface area contributed by atoms with Crippen molar-refractivity contribution in [2.24, 2.45) is 0 Å². The van der Waals surface area contributed by atoms with E-state index in [4.69, 9.17) is 5.11 Å². The number of amides is 1. The van der Waals surface area contributed by atoms with Gasteiger partial charge in [-0.15, -0.1) is 11.3 Å². The largest absolute Gasteiger partial charge is 0.481 e. The molecule has 110 valence electrons. The molecule has 0 atom stereocenters. The van der Waals surface area contributed by atoms with Crippen LogP contribution in [0.2, 0.25) is 0 Å². The van der Waals surface area contributed by atoms with Crippen LogP contribution < -0.4 is 0 Å². The summed E-state index contributed by atoms with van der Waals surface area (Å²) in [4.78, 5) is 32.2. The molecule has 0 spiro atoms. The van der Waals surface area contributed by atoms with Crippen LogP contribution in [0.4, 0.5) is 0 Å². The van der Waals surface area contributed by atoms with Gasteiger partial charge in [0, 0.05) is 36.9 Å². The van der Waals surface area contributed by atoms with Crippen LogP contribution in [0.3, 0.4) is 0 Å². The second-order valence-corrected chi connectivity index (χ2v) is 5.37. The predicted molar refractivity (Wildman–Crippen MR) is 78.9 cm³/mol. The minimum Gasteiger partial charge on any atom is -0.481 e. The van der Waals surface area contributed by atoms with Gasteiger partial charge in [0.15, 0.2) is 0 Å². The van der Waals surface area contributed by atoms with E-state index in [2.05, 4.69) is 9.97 Å². The Morgan fingerprint density at radius 3 is 2.71 bits per heavy atom. The number of hydrogen-bond donors (Lipinski definition) is 1. The Hall–Kier alpha value is -2.28. The number of likely N-dealkylation sites (N-methyl/N-ethyl adjacent to an activating group) is 1. The highest BCUT2D eigenvalue weighted by atomic mass is 32.1. The van der Waals surface area contributed by atoms with Gasteiger partial charge >= 0.3 is 5.97 Å². The number of nitrogens with zero attached hydrogens (tertiary/aromatic N) is 3.